The molecule has 19 heavy (non-hydrogen) atoms. The lowest BCUT2D eigenvalue weighted by atomic mass is 10.2. The lowest BCUT2D eigenvalue weighted by molar-refractivity contribution is 0.674. The molecule has 95 valence electrons. The Kier molecular flexibility index (Phi) is 2.53. The summed E-state index contributed by atoms with van der Waals surface area (Å²) in [6.45, 7) is 0.921. The predicted octanol–water partition coefficient (Wildman–Crippen LogP) is 3.66. The smallest absolute Gasteiger partial charge is 0.157 e. The lowest BCUT2D eigenvalue weighted by Crippen LogP contribution is -2.00. The number of halogens is 1. The zero-order valence-electron chi connectivity index (χ0n) is 9.99. The Labute approximate surface area is 119 Å². The van der Waals surface area contributed by atoms with Gasteiger partial charge in [0, 0.05) is 17.8 Å². The third-order valence-corrected chi connectivity index (χ3v) is 4.89. The average Bonchev–Trinajstić information content (AvgIpc) is 2.98. The van der Waals surface area contributed by atoms with Gasteiger partial charge in [0.2, 0.25) is 0 Å². The van der Waals surface area contributed by atoms with Crippen molar-refractivity contribution in [1.82, 2.24) is 14.5 Å². The van der Waals surface area contributed by atoms with Gasteiger partial charge in [0.05, 0.1) is 22.0 Å². The third-order valence-electron chi connectivity index (χ3n) is 3.35. The number of pyridine rings is 1. The second-order valence-electron chi connectivity index (χ2n) is 4.55. The molecule has 0 fully saturated rings. The van der Waals surface area contributed by atoms with E-state index in [1.54, 1.807) is 0 Å². The Balaban J connectivity index is 1.77. The molecule has 1 radical (unpaired) electrons. The Morgan fingerprint density at radius 3 is 3.05 bits per heavy atom. The second-order valence-corrected chi connectivity index (χ2v) is 6.27. The Hall–Kier alpha value is -1.52. The van der Waals surface area contributed by atoms with E-state index in [-0.39, 0.29) is 0 Å². The quantitative estimate of drug-likeness (QED) is 0.693. The van der Waals surface area contributed by atoms with Crippen LogP contribution in [0.15, 0.2) is 47.8 Å². The number of rotatable bonds is 1. The zero-order valence-corrected chi connectivity index (χ0v) is 11.6. The number of hydrogen-bond donors (Lipinski definition) is 1. The summed E-state index contributed by atoms with van der Waals surface area (Å²) < 4.78 is 2.25. The van der Waals surface area contributed by atoms with Crippen LogP contribution in [0.3, 0.4) is 0 Å². The van der Waals surface area contributed by atoms with E-state index in [4.69, 9.17) is 11.6 Å². The van der Waals surface area contributed by atoms with Crippen LogP contribution < -0.4 is 0 Å². The van der Waals surface area contributed by atoms with Crippen LogP contribution in [0.4, 0.5) is 0 Å². The van der Waals surface area contributed by atoms with Crippen LogP contribution in [0, 0.1) is 0 Å². The highest BCUT2D eigenvalue weighted by Crippen LogP contribution is 2.43. The van der Waals surface area contributed by atoms with Crippen LogP contribution in [-0.2, 0) is 6.54 Å². The molecular weight excluding hydrogens is 278 g/mol. The molecule has 0 aliphatic carbocycles. The van der Waals surface area contributed by atoms with Crippen molar-refractivity contribution in [2.45, 2.75) is 17.0 Å². The van der Waals surface area contributed by atoms with Crippen LogP contribution in [-0.4, -0.2) is 14.5 Å². The number of aromatic nitrogens is 3. The van der Waals surface area contributed by atoms with E-state index in [0.29, 0.717) is 5.25 Å². The molecule has 0 saturated heterocycles. The molecule has 1 aliphatic heterocycles. The molecule has 3 heterocycles. The number of benzene rings is 1. The van der Waals surface area contributed by atoms with E-state index in [2.05, 4.69) is 20.6 Å². The first kappa shape index (κ1) is 11.3. The summed E-state index contributed by atoms with van der Waals surface area (Å²) in [6.07, 6.45) is 1.85. The van der Waals surface area contributed by atoms with Crippen molar-refractivity contribution in [2.75, 3.05) is 0 Å². The van der Waals surface area contributed by atoms with E-state index < -0.39 is 0 Å². The number of nitrogens with zero attached hydrogens (tertiary/aromatic N) is 3. The Morgan fingerprint density at radius 1 is 1.26 bits per heavy atom. The fraction of sp³-hybridized carbons (Fsp3) is 0.143. The monoisotopic (exact) mass is 288 g/mol. The molecule has 0 saturated carbocycles. The van der Waals surface area contributed by atoms with Gasteiger partial charge >= 0.3 is 0 Å². The minimum atomic E-state index is 0.395. The molecule has 1 atom stereocenters. The Morgan fingerprint density at radius 2 is 2.21 bits per heavy atom. The first-order chi connectivity index (χ1) is 9.31. The molecular formula is C14H11ClN3S. The van der Waals surface area contributed by atoms with Gasteiger partial charge in [-0.3, -0.25) is 4.98 Å². The normalized spacial score (nSPS) is 17.8. The van der Waals surface area contributed by atoms with Crippen molar-refractivity contribution in [3.05, 3.63) is 53.3 Å². The molecule has 3 nitrogen and oxygen atoms in total. The number of hydrogen-bond acceptors (Lipinski definition) is 2. The largest absolute Gasteiger partial charge is 0.318 e. The minimum Gasteiger partial charge on any atom is -0.318 e. The molecule has 0 spiro atoms. The van der Waals surface area contributed by atoms with Crippen LogP contribution in [0.5, 0.6) is 0 Å². The summed E-state index contributed by atoms with van der Waals surface area (Å²) in [4.78, 5) is 9.12. The maximum atomic E-state index is 6.07. The van der Waals surface area contributed by atoms with Gasteiger partial charge in [-0.15, -0.1) is 11.8 Å². The molecule has 3 aromatic rings. The summed E-state index contributed by atoms with van der Waals surface area (Å²) in [7, 11) is 0. The highest BCUT2D eigenvalue weighted by molar-refractivity contribution is 7.99. The number of fused-ring (bicyclic) bond motifs is 3. The van der Waals surface area contributed by atoms with E-state index in [1.807, 2.05) is 36.5 Å². The Bertz CT molecular complexity index is 754. The lowest BCUT2D eigenvalue weighted by Gasteiger charge is -2.08. The summed E-state index contributed by atoms with van der Waals surface area (Å²) in [5.41, 5.74) is 3.27. The van der Waals surface area contributed by atoms with Gasteiger partial charge in [-0.1, -0.05) is 17.7 Å². The molecule has 4 rings (SSSR count). The van der Waals surface area contributed by atoms with Crippen LogP contribution in [0.25, 0.3) is 11.0 Å². The molecule has 5 heteroatoms. The van der Waals surface area contributed by atoms with Gasteiger partial charge in [0.1, 0.15) is 0 Å². The van der Waals surface area contributed by atoms with Crippen LogP contribution in [0.2, 0.25) is 5.02 Å². The minimum absolute atomic E-state index is 0.395. The fourth-order valence-corrected chi connectivity index (χ4v) is 3.92. The molecule has 1 aromatic carbocycles. The third kappa shape index (κ3) is 1.83. The number of thiol groups is 1. The van der Waals surface area contributed by atoms with Crippen molar-refractivity contribution in [1.29, 1.82) is 0 Å². The van der Waals surface area contributed by atoms with E-state index in [0.717, 1.165) is 33.5 Å². The standard InChI is InChI=1S/C14H11ClN3S/c15-9-4-5-10-12(7-9)18-8-13(19-14(18)17-10)11-3-1-2-6-16-11/h1-7,13,19H,8H2. The number of imidazole rings is 1. The molecule has 2 aromatic heterocycles. The first-order valence-corrected chi connectivity index (χ1v) is 7.43. The predicted molar refractivity (Wildman–Crippen MR) is 79.0 cm³/mol. The van der Waals surface area contributed by atoms with Gasteiger partial charge < -0.3 is 4.57 Å². The molecule has 0 amide bonds. The summed E-state index contributed by atoms with van der Waals surface area (Å²) >= 11 is 7.30. The van der Waals surface area contributed by atoms with Gasteiger partial charge in [0.15, 0.2) is 5.16 Å². The fourth-order valence-electron chi connectivity index (χ4n) is 2.45. The maximum absolute atomic E-state index is 6.07. The maximum Gasteiger partial charge on any atom is 0.157 e. The van der Waals surface area contributed by atoms with Crippen molar-refractivity contribution in [3.8, 4) is 0 Å². The van der Waals surface area contributed by atoms with Gasteiger partial charge in [-0.05, 0) is 30.3 Å². The zero-order chi connectivity index (χ0) is 12.8. The molecule has 0 bridgehead atoms. The van der Waals surface area contributed by atoms with E-state index >= 15 is 0 Å². The summed E-state index contributed by atoms with van der Waals surface area (Å²) in [6, 6.07) is 11.9. The SMILES string of the molecule is Clc1ccc2nc3n(c2c1)CC(c1ccccn1)[SH]3. The van der Waals surface area contributed by atoms with Crippen molar-refractivity contribution >= 4 is 34.4 Å². The van der Waals surface area contributed by atoms with Gasteiger partial charge in [-0.25, -0.2) is 4.98 Å². The summed E-state index contributed by atoms with van der Waals surface area (Å²) in [5, 5.41) is 2.26. The average molecular weight is 289 g/mol. The van der Waals surface area contributed by atoms with Crippen LogP contribution in [0.1, 0.15) is 10.9 Å². The summed E-state index contributed by atoms with van der Waals surface area (Å²) in [5.74, 6) is 0. The van der Waals surface area contributed by atoms with Gasteiger partial charge in [-0.2, -0.15) is 0 Å². The van der Waals surface area contributed by atoms with Crippen molar-refractivity contribution in [3.63, 3.8) is 0 Å². The highest BCUT2D eigenvalue weighted by Gasteiger charge is 2.26. The molecule has 1 unspecified atom stereocenters. The van der Waals surface area contributed by atoms with Gasteiger partial charge in [0.25, 0.3) is 0 Å². The molecule has 0 N–H and O–H groups in total. The first-order valence-electron chi connectivity index (χ1n) is 6.09. The van der Waals surface area contributed by atoms with Crippen molar-refractivity contribution < 1.29 is 0 Å². The van der Waals surface area contributed by atoms with E-state index in [1.165, 1.54) is 11.8 Å². The van der Waals surface area contributed by atoms with Crippen LogP contribution >= 0.6 is 23.4 Å². The van der Waals surface area contributed by atoms with E-state index in [9.17, 15) is 0 Å². The topological polar surface area (TPSA) is 30.7 Å². The highest BCUT2D eigenvalue weighted by atomic mass is 35.5. The van der Waals surface area contributed by atoms with Crippen molar-refractivity contribution in [2.24, 2.45) is 0 Å². The second kappa shape index (κ2) is 4.25. The molecule has 1 aliphatic rings.